The van der Waals surface area contributed by atoms with Gasteiger partial charge in [0.2, 0.25) is 0 Å². The van der Waals surface area contributed by atoms with Crippen molar-refractivity contribution >= 4 is 17.7 Å². The molecule has 0 aliphatic heterocycles. The number of aromatic carboxylic acids is 1. The summed E-state index contributed by atoms with van der Waals surface area (Å²) in [4.78, 5) is 22.4. The van der Waals surface area contributed by atoms with Crippen molar-refractivity contribution in [2.24, 2.45) is 5.92 Å². The highest BCUT2D eigenvalue weighted by atomic mass is 16.5. The van der Waals surface area contributed by atoms with Crippen LogP contribution in [0.15, 0.2) is 18.2 Å². The fourth-order valence-corrected chi connectivity index (χ4v) is 1.52. The Morgan fingerprint density at radius 2 is 2.05 bits per heavy atom. The number of ether oxygens (including phenoxy) is 1. The Kier molecular flexibility index (Phi) is 6.48. The Morgan fingerprint density at radius 1 is 1.33 bits per heavy atom. The summed E-state index contributed by atoms with van der Waals surface area (Å²) in [7, 11) is 0. The minimum Gasteiger partial charge on any atom is -0.507 e. The molecular formula is C14H20N2O5. The quantitative estimate of drug-likeness (QED) is 0.454. The first-order valence-corrected chi connectivity index (χ1v) is 6.59. The predicted octanol–water partition coefficient (Wildman–Crippen LogP) is 1.88. The average Bonchev–Trinajstić information content (AvgIpc) is 2.40. The first-order valence-electron chi connectivity index (χ1n) is 6.59. The number of urea groups is 1. The van der Waals surface area contributed by atoms with Gasteiger partial charge >= 0.3 is 12.0 Å². The molecule has 7 nitrogen and oxygen atoms in total. The highest BCUT2D eigenvalue weighted by molar-refractivity contribution is 5.95. The van der Waals surface area contributed by atoms with Gasteiger partial charge in [-0.05, 0) is 24.1 Å². The van der Waals surface area contributed by atoms with Crippen molar-refractivity contribution < 1.29 is 24.5 Å². The molecular weight excluding hydrogens is 276 g/mol. The third kappa shape index (κ3) is 6.13. The number of hydrogen-bond donors (Lipinski definition) is 4. The zero-order valence-electron chi connectivity index (χ0n) is 12.0. The molecule has 0 atom stereocenters. The van der Waals surface area contributed by atoms with E-state index in [4.69, 9.17) is 9.84 Å². The molecule has 1 rings (SSSR count). The van der Waals surface area contributed by atoms with E-state index < -0.39 is 12.0 Å². The van der Waals surface area contributed by atoms with Crippen molar-refractivity contribution in [2.45, 2.75) is 13.8 Å². The molecule has 0 saturated heterocycles. The predicted molar refractivity (Wildman–Crippen MR) is 77.7 cm³/mol. The third-order valence-corrected chi connectivity index (χ3v) is 2.47. The van der Waals surface area contributed by atoms with Crippen molar-refractivity contribution in [1.29, 1.82) is 0 Å². The lowest BCUT2D eigenvalue weighted by atomic mass is 10.2. The van der Waals surface area contributed by atoms with Crippen molar-refractivity contribution in [2.75, 3.05) is 25.1 Å². The highest BCUT2D eigenvalue weighted by Crippen LogP contribution is 2.21. The maximum Gasteiger partial charge on any atom is 0.339 e. The standard InChI is InChI=1S/C14H20N2O5/c1-9(2)8-21-6-5-15-14(20)16-10-3-4-12(17)11(7-10)13(18)19/h3-4,7,9,17H,5-6,8H2,1-2H3,(H,18,19)(H2,15,16,20). The Labute approximate surface area is 122 Å². The molecule has 0 fully saturated rings. The van der Waals surface area contributed by atoms with Crippen LogP contribution in [-0.4, -0.2) is 42.0 Å². The lowest BCUT2D eigenvalue weighted by molar-refractivity contribution is 0.0693. The normalized spacial score (nSPS) is 10.4. The zero-order valence-corrected chi connectivity index (χ0v) is 12.0. The fraction of sp³-hybridized carbons (Fsp3) is 0.429. The minimum atomic E-state index is -1.27. The Morgan fingerprint density at radius 3 is 2.67 bits per heavy atom. The summed E-state index contributed by atoms with van der Waals surface area (Å²) in [6.07, 6.45) is 0. The van der Waals surface area contributed by atoms with E-state index in [0.29, 0.717) is 25.7 Å². The van der Waals surface area contributed by atoms with Crippen LogP contribution in [-0.2, 0) is 4.74 Å². The van der Waals surface area contributed by atoms with E-state index in [9.17, 15) is 14.7 Å². The number of carboxylic acid groups (broad SMARTS) is 1. The van der Waals surface area contributed by atoms with E-state index in [1.165, 1.54) is 18.2 Å². The number of aromatic hydroxyl groups is 1. The summed E-state index contributed by atoms with van der Waals surface area (Å²) < 4.78 is 5.31. The number of carbonyl (C=O) groups is 2. The average molecular weight is 296 g/mol. The smallest absolute Gasteiger partial charge is 0.339 e. The zero-order chi connectivity index (χ0) is 15.8. The van der Waals surface area contributed by atoms with Gasteiger partial charge in [-0.25, -0.2) is 9.59 Å². The summed E-state index contributed by atoms with van der Waals surface area (Å²) in [6.45, 7) is 5.45. The van der Waals surface area contributed by atoms with Crippen molar-refractivity contribution in [3.8, 4) is 5.75 Å². The second-order valence-electron chi connectivity index (χ2n) is 4.89. The minimum absolute atomic E-state index is 0.270. The molecule has 7 heteroatoms. The van der Waals surface area contributed by atoms with Gasteiger partial charge in [-0.3, -0.25) is 0 Å². The van der Waals surface area contributed by atoms with Crippen molar-refractivity contribution in [3.05, 3.63) is 23.8 Å². The molecule has 0 unspecified atom stereocenters. The van der Waals surface area contributed by atoms with Gasteiger partial charge in [-0.2, -0.15) is 0 Å². The highest BCUT2D eigenvalue weighted by Gasteiger charge is 2.11. The molecule has 0 aliphatic rings. The summed E-state index contributed by atoms with van der Waals surface area (Å²) in [5.41, 5.74) is 0.0128. The monoisotopic (exact) mass is 296 g/mol. The molecule has 0 heterocycles. The van der Waals surface area contributed by atoms with Gasteiger partial charge in [0.1, 0.15) is 11.3 Å². The number of benzene rings is 1. The maximum absolute atomic E-state index is 11.6. The number of carboxylic acids is 1. The van der Waals surface area contributed by atoms with Gasteiger partial charge < -0.3 is 25.6 Å². The second-order valence-corrected chi connectivity index (χ2v) is 4.89. The lowest BCUT2D eigenvalue weighted by Gasteiger charge is -2.10. The number of phenols is 1. The van der Waals surface area contributed by atoms with Crippen LogP contribution in [0, 0.1) is 5.92 Å². The lowest BCUT2D eigenvalue weighted by Crippen LogP contribution is -2.31. The summed E-state index contributed by atoms with van der Waals surface area (Å²) in [6, 6.07) is 3.35. The van der Waals surface area contributed by atoms with Crippen LogP contribution in [0.4, 0.5) is 10.5 Å². The van der Waals surface area contributed by atoms with Crippen LogP contribution in [0.3, 0.4) is 0 Å². The van der Waals surface area contributed by atoms with E-state index >= 15 is 0 Å². The molecule has 2 amide bonds. The molecule has 0 bridgehead atoms. The van der Waals surface area contributed by atoms with E-state index in [1.54, 1.807) is 0 Å². The van der Waals surface area contributed by atoms with Crippen LogP contribution in [0.5, 0.6) is 5.75 Å². The molecule has 1 aromatic rings. The van der Waals surface area contributed by atoms with Gasteiger partial charge in [0.15, 0.2) is 0 Å². The van der Waals surface area contributed by atoms with Crippen LogP contribution < -0.4 is 10.6 Å². The molecule has 0 spiro atoms. The van der Waals surface area contributed by atoms with Crippen LogP contribution in [0.2, 0.25) is 0 Å². The molecule has 116 valence electrons. The van der Waals surface area contributed by atoms with Crippen LogP contribution >= 0.6 is 0 Å². The summed E-state index contributed by atoms with van der Waals surface area (Å²) in [5, 5.41) is 23.3. The molecule has 0 aliphatic carbocycles. The maximum atomic E-state index is 11.6. The van der Waals surface area contributed by atoms with Gasteiger partial charge in [0.25, 0.3) is 0 Å². The number of rotatable bonds is 7. The fourth-order valence-electron chi connectivity index (χ4n) is 1.52. The molecule has 0 radical (unpaired) electrons. The number of hydrogen-bond acceptors (Lipinski definition) is 4. The van der Waals surface area contributed by atoms with Crippen LogP contribution in [0.25, 0.3) is 0 Å². The topological polar surface area (TPSA) is 108 Å². The summed E-state index contributed by atoms with van der Waals surface area (Å²) in [5.74, 6) is -1.18. The second kappa shape index (κ2) is 8.11. The van der Waals surface area contributed by atoms with Crippen molar-refractivity contribution in [3.63, 3.8) is 0 Å². The third-order valence-electron chi connectivity index (χ3n) is 2.47. The van der Waals surface area contributed by atoms with Gasteiger partial charge in [-0.1, -0.05) is 13.8 Å². The number of amides is 2. The Balaban J connectivity index is 2.41. The number of carbonyl (C=O) groups excluding carboxylic acids is 1. The van der Waals surface area contributed by atoms with E-state index in [0.717, 1.165) is 0 Å². The van der Waals surface area contributed by atoms with E-state index in [2.05, 4.69) is 10.6 Å². The largest absolute Gasteiger partial charge is 0.507 e. The van der Waals surface area contributed by atoms with Gasteiger partial charge in [0.05, 0.1) is 6.61 Å². The first-order chi connectivity index (χ1) is 9.90. The molecule has 0 aromatic heterocycles. The van der Waals surface area contributed by atoms with E-state index in [1.807, 2.05) is 13.8 Å². The van der Waals surface area contributed by atoms with Crippen molar-refractivity contribution in [1.82, 2.24) is 5.32 Å². The number of nitrogens with one attached hydrogen (secondary N) is 2. The molecule has 1 aromatic carbocycles. The Bertz CT molecular complexity index is 502. The van der Waals surface area contributed by atoms with E-state index in [-0.39, 0.29) is 17.0 Å². The molecule has 0 saturated carbocycles. The molecule has 4 N–H and O–H groups in total. The van der Waals surface area contributed by atoms with Crippen LogP contribution in [0.1, 0.15) is 24.2 Å². The number of anilines is 1. The summed E-state index contributed by atoms with van der Waals surface area (Å²) >= 11 is 0. The SMILES string of the molecule is CC(C)COCCNC(=O)Nc1ccc(O)c(C(=O)O)c1. The van der Waals surface area contributed by atoms with Gasteiger partial charge in [-0.15, -0.1) is 0 Å². The molecule has 21 heavy (non-hydrogen) atoms. The Hall–Kier alpha value is -2.28. The first kappa shape index (κ1) is 16.8. The van der Waals surface area contributed by atoms with Gasteiger partial charge in [0, 0.05) is 18.8 Å².